The number of rotatable bonds is 6. The summed E-state index contributed by atoms with van der Waals surface area (Å²) < 4.78 is 10.0. The smallest absolute Gasteiger partial charge is 0.309 e. The summed E-state index contributed by atoms with van der Waals surface area (Å²) in [5.41, 5.74) is 0.808. The van der Waals surface area contributed by atoms with Gasteiger partial charge in [0.1, 0.15) is 12.4 Å². The van der Waals surface area contributed by atoms with Crippen molar-refractivity contribution in [1.82, 2.24) is 5.32 Å². The van der Waals surface area contributed by atoms with Crippen molar-refractivity contribution in [2.45, 2.75) is 6.42 Å². The molecule has 1 aromatic rings. The molecule has 1 aromatic carbocycles. The summed E-state index contributed by atoms with van der Waals surface area (Å²) in [6.07, 6.45) is 0.215. The molecule has 0 radical (unpaired) electrons. The van der Waals surface area contributed by atoms with E-state index in [9.17, 15) is 4.79 Å². The molecule has 0 amide bonds. The number of methoxy groups -OCH3 is 1. The van der Waals surface area contributed by atoms with Crippen LogP contribution in [0.25, 0.3) is 0 Å². The lowest BCUT2D eigenvalue weighted by atomic mass is 10.1. The van der Waals surface area contributed by atoms with Crippen molar-refractivity contribution in [1.29, 1.82) is 0 Å². The number of esters is 1. The lowest BCUT2D eigenvalue weighted by Crippen LogP contribution is -2.16. The molecule has 6 heteroatoms. The summed E-state index contributed by atoms with van der Waals surface area (Å²) in [5, 5.41) is 3.48. The fourth-order valence-corrected chi connectivity index (χ4v) is 1.53. The van der Waals surface area contributed by atoms with Gasteiger partial charge in [-0.2, -0.15) is 0 Å². The molecular formula is C12H17Cl2NO3. The number of benzene rings is 1. The molecule has 0 aromatic heterocycles. The number of hydrogen-bond acceptors (Lipinski definition) is 4. The van der Waals surface area contributed by atoms with Gasteiger partial charge in [0.05, 0.1) is 18.6 Å². The number of halogens is 2. The van der Waals surface area contributed by atoms with Crippen LogP contribution in [0.3, 0.4) is 0 Å². The third kappa shape index (κ3) is 5.58. The molecule has 0 saturated carbocycles. The summed E-state index contributed by atoms with van der Waals surface area (Å²) >= 11 is 6.04. The molecule has 18 heavy (non-hydrogen) atoms. The summed E-state index contributed by atoms with van der Waals surface area (Å²) in [7, 11) is 3.21. The van der Waals surface area contributed by atoms with Crippen LogP contribution < -0.4 is 10.1 Å². The molecule has 0 unspecified atom stereocenters. The number of ether oxygens (including phenoxy) is 2. The number of hydrogen-bond donors (Lipinski definition) is 1. The Morgan fingerprint density at radius 2 is 2.17 bits per heavy atom. The molecule has 0 spiro atoms. The van der Waals surface area contributed by atoms with Crippen LogP contribution in [0.15, 0.2) is 18.2 Å². The van der Waals surface area contributed by atoms with Crippen molar-refractivity contribution >= 4 is 30.0 Å². The number of nitrogens with one attached hydrogen (secondary N) is 1. The van der Waals surface area contributed by atoms with Crippen LogP contribution >= 0.6 is 24.0 Å². The second-order valence-electron chi connectivity index (χ2n) is 3.47. The van der Waals surface area contributed by atoms with Crippen molar-refractivity contribution < 1.29 is 14.3 Å². The molecule has 4 nitrogen and oxygen atoms in total. The Bertz CT molecular complexity index is 386. The first-order valence-electron chi connectivity index (χ1n) is 5.30. The van der Waals surface area contributed by atoms with Gasteiger partial charge < -0.3 is 14.8 Å². The third-order valence-corrected chi connectivity index (χ3v) is 2.48. The lowest BCUT2D eigenvalue weighted by Gasteiger charge is -2.09. The minimum absolute atomic E-state index is 0. The largest absolute Gasteiger partial charge is 0.491 e. The van der Waals surface area contributed by atoms with E-state index in [4.69, 9.17) is 16.3 Å². The van der Waals surface area contributed by atoms with Crippen LogP contribution in [0, 0.1) is 0 Å². The molecule has 102 valence electrons. The molecular weight excluding hydrogens is 277 g/mol. The second-order valence-corrected chi connectivity index (χ2v) is 3.88. The summed E-state index contributed by atoms with van der Waals surface area (Å²) in [6, 6.07) is 5.28. The van der Waals surface area contributed by atoms with Crippen LogP contribution in [0.2, 0.25) is 5.02 Å². The zero-order valence-electron chi connectivity index (χ0n) is 10.4. The van der Waals surface area contributed by atoms with Crippen molar-refractivity contribution in [3.8, 4) is 5.75 Å². The van der Waals surface area contributed by atoms with Gasteiger partial charge in [-0.3, -0.25) is 4.79 Å². The quantitative estimate of drug-likeness (QED) is 0.644. The fourth-order valence-electron chi connectivity index (χ4n) is 1.27. The van der Waals surface area contributed by atoms with Crippen LogP contribution in [0.1, 0.15) is 5.56 Å². The molecule has 1 N–H and O–H groups in total. The molecule has 0 aliphatic carbocycles. The summed E-state index contributed by atoms with van der Waals surface area (Å²) in [5.74, 6) is 0.334. The first kappa shape index (κ1) is 17.0. The minimum Gasteiger partial charge on any atom is -0.491 e. The number of carbonyl (C=O) groups excluding carboxylic acids is 1. The lowest BCUT2D eigenvalue weighted by molar-refractivity contribution is -0.139. The van der Waals surface area contributed by atoms with Crippen molar-refractivity contribution in [2.75, 3.05) is 27.3 Å². The van der Waals surface area contributed by atoms with E-state index >= 15 is 0 Å². The SMILES string of the molecule is CNCCOc1ccc(CC(=O)OC)cc1Cl.Cl. The Labute approximate surface area is 118 Å². The van der Waals surface area contributed by atoms with Crippen LogP contribution in [-0.4, -0.2) is 33.3 Å². The van der Waals surface area contributed by atoms with E-state index in [0.717, 1.165) is 12.1 Å². The third-order valence-electron chi connectivity index (χ3n) is 2.18. The van der Waals surface area contributed by atoms with Crippen molar-refractivity contribution in [2.24, 2.45) is 0 Å². The molecule has 0 aliphatic heterocycles. The van der Waals surface area contributed by atoms with Crippen LogP contribution in [0.4, 0.5) is 0 Å². The highest BCUT2D eigenvalue weighted by atomic mass is 35.5. The monoisotopic (exact) mass is 293 g/mol. The van der Waals surface area contributed by atoms with E-state index < -0.39 is 0 Å². The van der Waals surface area contributed by atoms with Crippen LogP contribution in [-0.2, 0) is 16.0 Å². The fraction of sp³-hybridized carbons (Fsp3) is 0.417. The highest BCUT2D eigenvalue weighted by Crippen LogP contribution is 2.25. The van der Waals surface area contributed by atoms with E-state index in [0.29, 0.717) is 17.4 Å². The van der Waals surface area contributed by atoms with E-state index in [-0.39, 0.29) is 24.8 Å². The van der Waals surface area contributed by atoms with Crippen LogP contribution in [0.5, 0.6) is 5.75 Å². The Morgan fingerprint density at radius 3 is 2.72 bits per heavy atom. The number of carbonyl (C=O) groups is 1. The topological polar surface area (TPSA) is 47.6 Å². The summed E-state index contributed by atoms with van der Waals surface area (Å²) in [6.45, 7) is 1.30. The first-order valence-corrected chi connectivity index (χ1v) is 5.67. The molecule has 1 rings (SSSR count). The zero-order valence-corrected chi connectivity index (χ0v) is 11.9. The molecule has 0 saturated heterocycles. The Hall–Kier alpha value is -0.970. The molecule has 0 atom stereocenters. The first-order chi connectivity index (χ1) is 8.17. The van der Waals surface area contributed by atoms with Gasteiger partial charge in [0.15, 0.2) is 0 Å². The predicted octanol–water partition coefficient (Wildman–Crippen LogP) is 2.08. The average molecular weight is 294 g/mol. The van der Waals surface area contributed by atoms with E-state index in [1.165, 1.54) is 7.11 Å². The maximum atomic E-state index is 11.1. The van der Waals surface area contributed by atoms with Gasteiger partial charge in [-0.25, -0.2) is 0 Å². The maximum absolute atomic E-state index is 11.1. The molecule has 0 heterocycles. The van der Waals surface area contributed by atoms with Gasteiger partial charge in [-0.15, -0.1) is 12.4 Å². The zero-order chi connectivity index (χ0) is 12.7. The standard InChI is InChI=1S/C12H16ClNO3.ClH/c1-14-5-6-17-11-4-3-9(7-10(11)13)8-12(15)16-2;/h3-4,7,14H,5-6,8H2,1-2H3;1H. The Kier molecular flexibility index (Phi) is 8.54. The summed E-state index contributed by atoms with van der Waals surface area (Å²) in [4.78, 5) is 11.1. The van der Waals surface area contributed by atoms with Crippen molar-refractivity contribution in [3.05, 3.63) is 28.8 Å². The van der Waals surface area contributed by atoms with Gasteiger partial charge in [0.2, 0.25) is 0 Å². The highest BCUT2D eigenvalue weighted by Gasteiger charge is 2.06. The second kappa shape index (κ2) is 9.03. The Morgan fingerprint density at radius 1 is 1.44 bits per heavy atom. The van der Waals surface area contributed by atoms with Gasteiger partial charge in [0.25, 0.3) is 0 Å². The highest BCUT2D eigenvalue weighted by molar-refractivity contribution is 6.32. The van der Waals surface area contributed by atoms with Gasteiger partial charge in [-0.05, 0) is 24.7 Å². The van der Waals surface area contributed by atoms with Crippen molar-refractivity contribution in [3.63, 3.8) is 0 Å². The van der Waals surface area contributed by atoms with E-state index in [1.807, 2.05) is 7.05 Å². The molecule has 0 fully saturated rings. The van der Waals surface area contributed by atoms with E-state index in [1.54, 1.807) is 18.2 Å². The average Bonchev–Trinajstić information content (AvgIpc) is 2.32. The Balaban J connectivity index is 0.00000289. The normalized spacial score (nSPS) is 9.50. The molecule has 0 bridgehead atoms. The predicted molar refractivity (Wildman–Crippen MR) is 73.8 cm³/mol. The van der Waals surface area contributed by atoms with Gasteiger partial charge in [0, 0.05) is 6.54 Å². The minimum atomic E-state index is -0.287. The maximum Gasteiger partial charge on any atom is 0.309 e. The number of likely N-dealkylation sites (N-methyl/N-ethyl adjacent to an activating group) is 1. The van der Waals surface area contributed by atoms with Gasteiger partial charge >= 0.3 is 5.97 Å². The van der Waals surface area contributed by atoms with Gasteiger partial charge in [-0.1, -0.05) is 17.7 Å². The van der Waals surface area contributed by atoms with E-state index in [2.05, 4.69) is 10.1 Å². The molecule has 0 aliphatic rings.